The molecule has 2 nitrogen and oxygen atoms in total. The maximum Gasteiger partial charge on any atom is 0.129 e. The minimum absolute atomic E-state index is 0.303. The van der Waals surface area contributed by atoms with E-state index in [9.17, 15) is 4.39 Å². The maximum atomic E-state index is 13.8. The first kappa shape index (κ1) is 12.1. The summed E-state index contributed by atoms with van der Waals surface area (Å²) in [4.78, 5) is 0. The predicted octanol–water partition coefficient (Wildman–Crippen LogP) is 3.69. The summed E-state index contributed by atoms with van der Waals surface area (Å²) < 4.78 is 19.2. The van der Waals surface area contributed by atoms with Crippen LogP contribution in [0.1, 0.15) is 22.9 Å². The van der Waals surface area contributed by atoms with E-state index in [0.29, 0.717) is 16.3 Å². The first-order chi connectivity index (χ1) is 8.13. The summed E-state index contributed by atoms with van der Waals surface area (Å²) in [6, 6.07) is 6.19. The molecule has 0 saturated carbocycles. The van der Waals surface area contributed by atoms with Gasteiger partial charge in [0.15, 0.2) is 0 Å². The summed E-state index contributed by atoms with van der Waals surface area (Å²) in [5.41, 5.74) is 1.51. The van der Waals surface area contributed by atoms with Crippen LogP contribution in [0.5, 0.6) is 0 Å². The predicted molar refractivity (Wildman–Crippen MR) is 65.8 cm³/mol. The lowest BCUT2D eigenvalue weighted by molar-refractivity contribution is 0.450. The molecule has 0 fully saturated rings. The molecule has 1 N–H and O–H groups in total. The first-order valence-corrected chi connectivity index (χ1v) is 5.67. The SMILES string of the molecule is CNC(c1ccc(Cl)cc1F)c1occc1C. The molecule has 17 heavy (non-hydrogen) atoms. The molecule has 0 amide bonds. The molecule has 2 aromatic rings. The van der Waals surface area contributed by atoms with Crippen LogP contribution in [0.2, 0.25) is 5.02 Å². The highest BCUT2D eigenvalue weighted by Crippen LogP contribution is 2.28. The second-order valence-corrected chi connectivity index (χ2v) is 4.29. The van der Waals surface area contributed by atoms with Crippen LogP contribution in [-0.4, -0.2) is 7.05 Å². The van der Waals surface area contributed by atoms with Crippen molar-refractivity contribution in [2.75, 3.05) is 7.05 Å². The van der Waals surface area contributed by atoms with Crippen LogP contribution in [0.3, 0.4) is 0 Å². The van der Waals surface area contributed by atoms with Crippen molar-refractivity contribution >= 4 is 11.6 Å². The van der Waals surface area contributed by atoms with Gasteiger partial charge in [-0.2, -0.15) is 0 Å². The van der Waals surface area contributed by atoms with E-state index >= 15 is 0 Å². The van der Waals surface area contributed by atoms with Crippen molar-refractivity contribution in [2.24, 2.45) is 0 Å². The Hall–Kier alpha value is -1.32. The first-order valence-electron chi connectivity index (χ1n) is 5.29. The molecule has 2 rings (SSSR count). The molecule has 0 spiro atoms. The second-order valence-electron chi connectivity index (χ2n) is 3.86. The molecule has 1 heterocycles. The zero-order chi connectivity index (χ0) is 12.4. The molecular formula is C13H13ClFNO. The number of hydrogen-bond acceptors (Lipinski definition) is 2. The highest BCUT2D eigenvalue weighted by atomic mass is 35.5. The van der Waals surface area contributed by atoms with Gasteiger partial charge in [0, 0.05) is 10.6 Å². The summed E-state index contributed by atoms with van der Waals surface area (Å²) in [6.07, 6.45) is 1.60. The molecule has 1 aromatic heterocycles. The van der Waals surface area contributed by atoms with E-state index in [2.05, 4.69) is 5.32 Å². The molecule has 1 atom stereocenters. The zero-order valence-electron chi connectivity index (χ0n) is 9.63. The fourth-order valence-electron chi connectivity index (χ4n) is 1.84. The van der Waals surface area contributed by atoms with Crippen molar-refractivity contribution in [2.45, 2.75) is 13.0 Å². The lowest BCUT2D eigenvalue weighted by Gasteiger charge is -2.16. The van der Waals surface area contributed by atoms with Crippen molar-refractivity contribution in [1.82, 2.24) is 5.32 Å². The molecular weight excluding hydrogens is 241 g/mol. The van der Waals surface area contributed by atoms with Gasteiger partial charge in [-0.05, 0) is 37.7 Å². The molecule has 0 radical (unpaired) electrons. The zero-order valence-corrected chi connectivity index (χ0v) is 10.4. The number of aryl methyl sites for hydroxylation is 1. The molecule has 0 bridgehead atoms. The van der Waals surface area contributed by atoms with E-state index in [-0.39, 0.29) is 11.9 Å². The number of benzene rings is 1. The Bertz CT molecular complexity index is 524. The fourth-order valence-corrected chi connectivity index (χ4v) is 2.00. The summed E-state index contributed by atoms with van der Waals surface area (Å²) in [5, 5.41) is 3.43. The maximum absolute atomic E-state index is 13.8. The van der Waals surface area contributed by atoms with Gasteiger partial charge in [-0.15, -0.1) is 0 Å². The number of hydrogen-bond donors (Lipinski definition) is 1. The Labute approximate surface area is 104 Å². The largest absolute Gasteiger partial charge is 0.467 e. The number of rotatable bonds is 3. The minimum Gasteiger partial charge on any atom is -0.467 e. The molecule has 4 heteroatoms. The van der Waals surface area contributed by atoms with Crippen molar-refractivity contribution in [3.8, 4) is 0 Å². The number of furan rings is 1. The number of nitrogens with one attached hydrogen (secondary N) is 1. The Kier molecular flexibility index (Phi) is 3.50. The van der Waals surface area contributed by atoms with Gasteiger partial charge in [0.05, 0.1) is 12.3 Å². The van der Waals surface area contributed by atoms with E-state index < -0.39 is 0 Å². The Balaban J connectivity index is 2.46. The third kappa shape index (κ3) is 2.35. The standard InChI is InChI=1S/C13H13ClFNO/c1-8-5-6-17-13(8)12(16-2)10-4-3-9(14)7-11(10)15/h3-7,12,16H,1-2H3. The lowest BCUT2D eigenvalue weighted by atomic mass is 10.0. The second kappa shape index (κ2) is 4.90. The van der Waals surface area contributed by atoms with E-state index in [1.165, 1.54) is 6.07 Å². The van der Waals surface area contributed by atoms with Crippen molar-refractivity contribution < 1.29 is 8.81 Å². The van der Waals surface area contributed by atoms with Crippen LogP contribution in [0, 0.1) is 12.7 Å². The molecule has 0 aliphatic carbocycles. The summed E-state index contributed by atoms with van der Waals surface area (Å²) in [5.74, 6) is 0.376. The monoisotopic (exact) mass is 253 g/mol. The van der Waals surface area contributed by atoms with Crippen LogP contribution in [0.15, 0.2) is 34.9 Å². The van der Waals surface area contributed by atoms with Gasteiger partial charge in [0.25, 0.3) is 0 Å². The molecule has 0 saturated heterocycles. The Morgan fingerprint density at radius 1 is 1.35 bits per heavy atom. The smallest absolute Gasteiger partial charge is 0.129 e. The summed E-state index contributed by atoms with van der Waals surface area (Å²) in [7, 11) is 1.76. The molecule has 0 aliphatic heterocycles. The third-order valence-electron chi connectivity index (χ3n) is 2.73. The topological polar surface area (TPSA) is 25.2 Å². The van der Waals surface area contributed by atoms with Gasteiger partial charge in [-0.3, -0.25) is 0 Å². The summed E-state index contributed by atoms with van der Waals surface area (Å²) >= 11 is 5.74. The molecule has 0 aliphatic rings. The van der Waals surface area contributed by atoms with Crippen molar-refractivity contribution in [3.63, 3.8) is 0 Å². The van der Waals surface area contributed by atoms with E-state index in [0.717, 1.165) is 5.56 Å². The molecule has 1 unspecified atom stereocenters. The average Bonchev–Trinajstić information content (AvgIpc) is 2.69. The van der Waals surface area contributed by atoms with Gasteiger partial charge in [-0.25, -0.2) is 4.39 Å². The highest BCUT2D eigenvalue weighted by molar-refractivity contribution is 6.30. The average molecular weight is 254 g/mol. The lowest BCUT2D eigenvalue weighted by Crippen LogP contribution is -2.19. The van der Waals surface area contributed by atoms with Crippen LogP contribution in [0.25, 0.3) is 0 Å². The number of halogens is 2. The van der Waals surface area contributed by atoms with Crippen LogP contribution < -0.4 is 5.32 Å². The molecule has 90 valence electrons. The van der Waals surface area contributed by atoms with E-state index in [4.69, 9.17) is 16.0 Å². The van der Waals surface area contributed by atoms with Gasteiger partial charge >= 0.3 is 0 Å². The van der Waals surface area contributed by atoms with Crippen molar-refractivity contribution in [1.29, 1.82) is 0 Å². The minimum atomic E-state index is -0.340. The van der Waals surface area contributed by atoms with Gasteiger partial charge in [0.1, 0.15) is 11.6 Å². The van der Waals surface area contributed by atoms with Crippen LogP contribution >= 0.6 is 11.6 Å². The van der Waals surface area contributed by atoms with Gasteiger partial charge in [-0.1, -0.05) is 17.7 Å². The van der Waals surface area contributed by atoms with E-state index in [1.54, 1.807) is 25.4 Å². The quantitative estimate of drug-likeness (QED) is 0.903. The molecule has 1 aromatic carbocycles. The van der Waals surface area contributed by atoms with Gasteiger partial charge in [0.2, 0.25) is 0 Å². The Morgan fingerprint density at radius 2 is 2.12 bits per heavy atom. The van der Waals surface area contributed by atoms with Crippen molar-refractivity contribution in [3.05, 3.63) is 58.3 Å². The fraction of sp³-hybridized carbons (Fsp3) is 0.231. The van der Waals surface area contributed by atoms with Gasteiger partial charge < -0.3 is 9.73 Å². The Morgan fingerprint density at radius 3 is 2.65 bits per heavy atom. The summed E-state index contributed by atoms with van der Waals surface area (Å²) in [6.45, 7) is 1.93. The van der Waals surface area contributed by atoms with E-state index in [1.807, 2.05) is 13.0 Å². The van der Waals surface area contributed by atoms with Crippen LogP contribution in [0.4, 0.5) is 4.39 Å². The van der Waals surface area contributed by atoms with Crippen LogP contribution in [-0.2, 0) is 0 Å². The third-order valence-corrected chi connectivity index (χ3v) is 2.96. The highest BCUT2D eigenvalue weighted by Gasteiger charge is 2.20. The normalized spacial score (nSPS) is 12.7.